The smallest absolute Gasteiger partial charge is 0.223 e. The maximum atomic E-state index is 11.5. The van der Waals surface area contributed by atoms with Crippen molar-refractivity contribution in [3.8, 4) is 5.75 Å². The van der Waals surface area contributed by atoms with Crippen molar-refractivity contribution in [1.82, 2.24) is 9.88 Å². The van der Waals surface area contributed by atoms with Crippen LogP contribution in [0.2, 0.25) is 0 Å². The maximum Gasteiger partial charge on any atom is 0.223 e. The van der Waals surface area contributed by atoms with Gasteiger partial charge in [0.05, 0.1) is 18.9 Å². The van der Waals surface area contributed by atoms with E-state index in [1.54, 1.807) is 6.20 Å². The van der Waals surface area contributed by atoms with Gasteiger partial charge in [-0.05, 0) is 6.92 Å². The summed E-state index contributed by atoms with van der Waals surface area (Å²) < 4.78 is 10.8. The van der Waals surface area contributed by atoms with Gasteiger partial charge in [0.25, 0.3) is 0 Å². The Morgan fingerprint density at radius 1 is 1.47 bits per heavy atom. The Bertz CT molecular complexity index is 410. The molecule has 1 aromatic heterocycles. The van der Waals surface area contributed by atoms with Gasteiger partial charge in [0, 0.05) is 31.9 Å². The predicted octanol–water partition coefficient (Wildman–Crippen LogP) is 0.394. The molecule has 0 bridgehead atoms. The molecule has 0 spiro atoms. The van der Waals surface area contributed by atoms with Crippen molar-refractivity contribution in [3.63, 3.8) is 0 Å². The molecule has 2 rings (SSSR count). The lowest BCUT2D eigenvalue weighted by atomic mass is 10.3. The number of aromatic nitrogens is 1. The molecule has 2 heterocycles. The van der Waals surface area contributed by atoms with Crippen LogP contribution in [0.5, 0.6) is 5.75 Å². The van der Waals surface area contributed by atoms with E-state index in [0.717, 1.165) is 38.5 Å². The summed E-state index contributed by atoms with van der Waals surface area (Å²) in [6.07, 6.45) is 1.63. The summed E-state index contributed by atoms with van der Waals surface area (Å²) in [5.41, 5.74) is 0.711. The molecule has 0 atom stereocenters. The van der Waals surface area contributed by atoms with Gasteiger partial charge in [-0.2, -0.15) is 0 Å². The molecule has 1 saturated heterocycles. The highest BCUT2D eigenvalue weighted by atomic mass is 16.5. The first-order valence-corrected chi connectivity index (χ1v) is 5.88. The van der Waals surface area contributed by atoms with E-state index in [1.165, 1.54) is 6.07 Å². The Morgan fingerprint density at radius 2 is 2.24 bits per heavy atom. The van der Waals surface area contributed by atoms with Crippen molar-refractivity contribution in [2.24, 2.45) is 0 Å². The van der Waals surface area contributed by atoms with Crippen LogP contribution in [0, 0.1) is 6.92 Å². The standard InChI is InChI=1S/C12H18N2O3/c1-10-12(11(15)2-3-13-10)17-9-6-14-4-7-16-8-5-14/h2-3H,4-9H2,1H3,(H,13,15). The van der Waals surface area contributed by atoms with Crippen LogP contribution in [-0.4, -0.2) is 49.3 Å². The van der Waals surface area contributed by atoms with Gasteiger partial charge in [-0.3, -0.25) is 9.69 Å². The van der Waals surface area contributed by atoms with E-state index in [2.05, 4.69) is 9.88 Å². The molecule has 94 valence electrons. The number of aryl methyl sites for hydroxylation is 1. The van der Waals surface area contributed by atoms with Crippen LogP contribution in [0.3, 0.4) is 0 Å². The van der Waals surface area contributed by atoms with Gasteiger partial charge in [0.1, 0.15) is 6.61 Å². The molecule has 0 aliphatic carbocycles. The van der Waals surface area contributed by atoms with Crippen molar-refractivity contribution in [2.75, 3.05) is 39.5 Å². The van der Waals surface area contributed by atoms with E-state index < -0.39 is 0 Å². The molecule has 1 N–H and O–H groups in total. The second kappa shape index (κ2) is 5.84. The number of nitrogens with one attached hydrogen (secondary N) is 1. The van der Waals surface area contributed by atoms with Crippen molar-refractivity contribution in [1.29, 1.82) is 0 Å². The van der Waals surface area contributed by atoms with Crippen LogP contribution in [0.15, 0.2) is 17.1 Å². The van der Waals surface area contributed by atoms with Crippen molar-refractivity contribution in [2.45, 2.75) is 6.92 Å². The summed E-state index contributed by atoms with van der Waals surface area (Å²) in [4.78, 5) is 16.8. The lowest BCUT2D eigenvalue weighted by Crippen LogP contribution is -2.38. The highest BCUT2D eigenvalue weighted by molar-refractivity contribution is 5.25. The molecule has 0 unspecified atom stereocenters. The minimum absolute atomic E-state index is 0.0665. The first-order valence-electron chi connectivity index (χ1n) is 5.88. The van der Waals surface area contributed by atoms with Crippen molar-refractivity contribution in [3.05, 3.63) is 28.2 Å². The van der Waals surface area contributed by atoms with Crippen LogP contribution < -0.4 is 10.2 Å². The Hall–Kier alpha value is -1.33. The van der Waals surface area contributed by atoms with Crippen LogP contribution in [0.25, 0.3) is 0 Å². The van der Waals surface area contributed by atoms with E-state index in [4.69, 9.17) is 9.47 Å². The monoisotopic (exact) mass is 238 g/mol. The molecule has 5 heteroatoms. The Kier molecular flexibility index (Phi) is 4.17. The third kappa shape index (κ3) is 3.31. The quantitative estimate of drug-likeness (QED) is 0.824. The number of H-pyrrole nitrogens is 1. The van der Waals surface area contributed by atoms with Gasteiger partial charge >= 0.3 is 0 Å². The van der Waals surface area contributed by atoms with E-state index in [1.807, 2.05) is 6.92 Å². The highest BCUT2D eigenvalue weighted by Gasteiger charge is 2.10. The largest absolute Gasteiger partial charge is 0.486 e. The Labute approximate surface area is 100 Å². The topological polar surface area (TPSA) is 54.6 Å². The molecule has 1 aliphatic rings. The molecule has 0 aromatic carbocycles. The first-order chi connectivity index (χ1) is 8.27. The number of morpholine rings is 1. The number of ether oxygens (including phenoxy) is 2. The zero-order valence-corrected chi connectivity index (χ0v) is 10.1. The predicted molar refractivity (Wildman–Crippen MR) is 64.6 cm³/mol. The summed E-state index contributed by atoms with van der Waals surface area (Å²) in [7, 11) is 0. The van der Waals surface area contributed by atoms with Crippen LogP contribution in [-0.2, 0) is 4.74 Å². The first kappa shape index (κ1) is 12.1. The third-order valence-electron chi connectivity index (χ3n) is 2.86. The molecular weight excluding hydrogens is 220 g/mol. The number of aromatic amines is 1. The molecule has 17 heavy (non-hydrogen) atoms. The fourth-order valence-electron chi connectivity index (χ4n) is 1.85. The average molecular weight is 238 g/mol. The molecule has 1 fully saturated rings. The average Bonchev–Trinajstić information content (AvgIpc) is 2.34. The zero-order valence-electron chi connectivity index (χ0n) is 10.1. The normalized spacial score (nSPS) is 17.0. The number of pyridine rings is 1. The van der Waals surface area contributed by atoms with E-state index in [0.29, 0.717) is 12.4 Å². The lowest BCUT2D eigenvalue weighted by molar-refractivity contribution is 0.0321. The SMILES string of the molecule is Cc1[nH]ccc(=O)c1OCCN1CCOCC1. The number of rotatable bonds is 4. The molecular formula is C12H18N2O3. The summed E-state index contributed by atoms with van der Waals surface area (Å²) in [6, 6.07) is 1.48. The van der Waals surface area contributed by atoms with Crippen molar-refractivity contribution < 1.29 is 9.47 Å². The fourth-order valence-corrected chi connectivity index (χ4v) is 1.85. The van der Waals surface area contributed by atoms with E-state index in [-0.39, 0.29) is 5.43 Å². The van der Waals surface area contributed by atoms with Gasteiger partial charge in [-0.1, -0.05) is 0 Å². The van der Waals surface area contributed by atoms with Gasteiger partial charge < -0.3 is 14.5 Å². The molecule has 0 amide bonds. The Balaban J connectivity index is 1.83. The molecule has 0 saturated carbocycles. The Morgan fingerprint density at radius 3 is 2.94 bits per heavy atom. The molecule has 0 radical (unpaired) electrons. The molecule has 5 nitrogen and oxygen atoms in total. The van der Waals surface area contributed by atoms with Crippen LogP contribution in [0.4, 0.5) is 0 Å². The maximum absolute atomic E-state index is 11.5. The van der Waals surface area contributed by atoms with Crippen molar-refractivity contribution >= 4 is 0 Å². The third-order valence-corrected chi connectivity index (χ3v) is 2.86. The number of hydrogen-bond donors (Lipinski definition) is 1. The molecule has 1 aromatic rings. The number of nitrogens with zero attached hydrogens (tertiary/aromatic N) is 1. The summed E-state index contributed by atoms with van der Waals surface area (Å²) in [5, 5.41) is 0. The van der Waals surface area contributed by atoms with Gasteiger partial charge in [-0.25, -0.2) is 0 Å². The van der Waals surface area contributed by atoms with Crippen LogP contribution >= 0.6 is 0 Å². The zero-order chi connectivity index (χ0) is 12.1. The minimum Gasteiger partial charge on any atom is -0.486 e. The number of hydrogen-bond acceptors (Lipinski definition) is 4. The summed E-state index contributed by atoms with van der Waals surface area (Å²) >= 11 is 0. The second-order valence-corrected chi connectivity index (χ2v) is 4.10. The second-order valence-electron chi connectivity index (χ2n) is 4.10. The van der Waals surface area contributed by atoms with Crippen LogP contribution in [0.1, 0.15) is 5.69 Å². The van der Waals surface area contributed by atoms with Gasteiger partial charge in [0.15, 0.2) is 5.75 Å². The van der Waals surface area contributed by atoms with Gasteiger partial charge in [0.2, 0.25) is 5.43 Å². The fraction of sp³-hybridized carbons (Fsp3) is 0.583. The van der Waals surface area contributed by atoms with E-state index in [9.17, 15) is 4.79 Å². The van der Waals surface area contributed by atoms with Gasteiger partial charge in [-0.15, -0.1) is 0 Å². The van der Waals surface area contributed by atoms with E-state index >= 15 is 0 Å². The molecule has 1 aliphatic heterocycles. The lowest BCUT2D eigenvalue weighted by Gasteiger charge is -2.26. The highest BCUT2D eigenvalue weighted by Crippen LogP contribution is 2.07. The summed E-state index contributed by atoms with van der Waals surface area (Å²) in [6.45, 7) is 6.65. The minimum atomic E-state index is -0.0665. The summed E-state index contributed by atoms with van der Waals surface area (Å²) in [5.74, 6) is 0.431.